The quantitative estimate of drug-likeness (QED) is 0.634. The number of imide groups is 1. The van der Waals surface area contributed by atoms with E-state index in [4.69, 9.17) is 4.74 Å². The molecule has 0 radical (unpaired) electrons. The summed E-state index contributed by atoms with van der Waals surface area (Å²) in [4.78, 5) is 49.7. The van der Waals surface area contributed by atoms with Gasteiger partial charge in [-0.05, 0) is 30.7 Å². The molecule has 7 nitrogen and oxygen atoms in total. The van der Waals surface area contributed by atoms with Gasteiger partial charge < -0.3 is 10.1 Å². The highest BCUT2D eigenvalue weighted by Crippen LogP contribution is 2.24. The average molecular weight is 380 g/mol. The largest absolute Gasteiger partial charge is 0.469 e. The number of amides is 3. The molecule has 1 heterocycles. The van der Waals surface area contributed by atoms with Crippen molar-refractivity contribution < 1.29 is 23.9 Å². The van der Waals surface area contributed by atoms with Crippen molar-refractivity contribution in [1.29, 1.82) is 0 Å². The van der Waals surface area contributed by atoms with E-state index in [0.717, 1.165) is 16.0 Å². The third-order valence-electron chi connectivity index (χ3n) is 4.74. The summed E-state index contributed by atoms with van der Waals surface area (Å²) in [6.07, 6.45) is -0.0314. The maximum Gasteiger partial charge on any atom is 0.307 e. The molecule has 0 aromatic heterocycles. The molecular weight excluding hydrogens is 360 g/mol. The monoisotopic (exact) mass is 380 g/mol. The summed E-state index contributed by atoms with van der Waals surface area (Å²) in [7, 11) is 2.68. The van der Waals surface area contributed by atoms with Gasteiger partial charge in [-0.3, -0.25) is 24.1 Å². The summed E-state index contributed by atoms with van der Waals surface area (Å²) >= 11 is 0. The number of carbonyl (C=O) groups is 4. The number of hydrogen-bond acceptors (Lipinski definition) is 5. The van der Waals surface area contributed by atoms with Gasteiger partial charge in [-0.2, -0.15) is 0 Å². The third-order valence-corrected chi connectivity index (χ3v) is 4.74. The minimum atomic E-state index is -0.589. The molecule has 0 bridgehead atoms. The predicted octanol–water partition coefficient (Wildman–Crippen LogP) is 2.26. The number of rotatable bonds is 5. The number of hydrogen-bond donors (Lipinski definition) is 1. The van der Waals surface area contributed by atoms with Crippen LogP contribution in [0.5, 0.6) is 0 Å². The summed E-state index contributed by atoms with van der Waals surface area (Å²) in [5.74, 6) is -1.75. The van der Waals surface area contributed by atoms with Crippen LogP contribution in [0.1, 0.15) is 54.7 Å². The van der Waals surface area contributed by atoms with E-state index in [1.165, 1.54) is 32.4 Å². The summed E-state index contributed by atoms with van der Waals surface area (Å²) in [6, 6.07) is 11.2. The van der Waals surface area contributed by atoms with Crippen LogP contribution in [-0.4, -0.2) is 42.7 Å². The van der Waals surface area contributed by atoms with Crippen molar-refractivity contribution in [2.45, 2.75) is 19.4 Å². The molecule has 0 fully saturated rings. The molecule has 0 aliphatic carbocycles. The lowest BCUT2D eigenvalue weighted by molar-refractivity contribution is -0.141. The van der Waals surface area contributed by atoms with Crippen LogP contribution in [0.15, 0.2) is 42.5 Å². The number of ether oxygens (including phenoxy) is 1. The van der Waals surface area contributed by atoms with Gasteiger partial charge in [0.2, 0.25) is 0 Å². The Morgan fingerprint density at radius 1 is 1.04 bits per heavy atom. The minimum absolute atomic E-state index is 0.0314. The Kier molecular flexibility index (Phi) is 5.26. The maximum atomic E-state index is 12.8. The molecule has 1 N–H and O–H groups in total. The van der Waals surface area contributed by atoms with Crippen LogP contribution in [-0.2, 0) is 9.53 Å². The van der Waals surface area contributed by atoms with E-state index in [0.29, 0.717) is 0 Å². The molecule has 28 heavy (non-hydrogen) atoms. The van der Waals surface area contributed by atoms with Gasteiger partial charge in [0.1, 0.15) is 0 Å². The van der Waals surface area contributed by atoms with Crippen molar-refractivity contribution in [3.05, 3.63) is 70.3 Å². The van der Waals surface area contributed by atoms with Crippen LogP contribution in [0, 0.1) is 6.92 Å². The number of methoxy groups -OCH3 is 1. The van der Waals surface area contributed by atoms with Gasteiger partial charge in [0.05, 0.1) is 30.7 Å². The van der Waals surface area contributed by atoms with Gasteiger partial charge in [-0.15, -0.1) is 0 Å². The molecule has 1 aliphatic rings. The van der Waals surface area contributed by atoms with Gasteiger partial charge >= 0.3 is 5.97 Å². The predicted molar refractivity (Wildman–Crippen MR) is 101 cm³/mol. The van der Waals surface area contributed by atoms with Crippen LogP contribution in [0.4, 0.5) is 0 Å². The van der Waals surface area contributed by atoms with Crippen molar-refractivity contribution in [3.63, 3.8) is 0 Å². The van der Waals surface area contributed by atoms with Crippen molar-refractivity contribution in [2.24, 2.45) is 0 Å². The zero-order valence-corrected chi connectivity index (χ0v) is 15.8. The van der Waals surface area contributed by atoms with E-state index < -0.39 is 29.7 Å². The fourth-order valence-electron chi connectivity index (χ4n) is 3.05. The molecule has 7 heteroatoms. The number of nitrogens with one attached hydrogen (secondary N) is 1. The molecule has 0 spiro atoms. The maximum absolute atomic E-state index is 12.8. The first kappa shape index (κ1) is 19.3. The average Bonchev–Trinajstić information content (AvgIpc) is 2.91. The van der Waals surface area contributed by atoms with Gasteiger partial charge in [0, 0.05) is 12.6 Å². The highest BCUT2D eigenvalue weighted by molar-refractivity contribution is 6.21. The van der Waals surface area contributed by atoms with E-state index in [1.54, 1.807) is 0 Å². The Balaban J connectivity index is 1.86. The summed E-state index contributed by atoms with van der Waals surface area (Å²) in [5.41, 5.74) is 2.51. The van der Waals surface area contributed by atoms with E-state index in [1.807, 2.05) is 31.2 Å². The van der Waals surface area contributed by atoms with Crippen LogP contribution >= 0.6 is 0 Å². The SMILES string of the molecule is COC(=O)C[C@@H](NC(=O)c1ccc2c(c1)C(=O)N(C)C2=O)c1ccc(C)cc1. The standard InChI is InChI=1S/C21H20N2O5/c1-12-4-6-13(7-5-12)17(11-18(24)28-3)22-19(25)14-8-9-15-16(10-14)21(27)23(2)20(15)26/h4-10,17H,11H2,1-3H3,(H,22,25)/t17-/m1/s1. The molecule has 0 unspecified atom stereocenters. The topological polar surface area (TPSA) is 92.8 Å². The summed E-state index contributed by atoms with van der Waals surface area (Å²) < 4.78 is 4.73. The molecule has 2 aromatic carbocycles. The third kappa shape index (κ3) is 3.64. The van der Waals surface area contributed by atoms with E-state index >= 15 is 0 Å². The number of nitrogens with zero attached hydrogens (tertiary/aromatic N) is 1. The molecule has 1 aliphatic heterocycles. The molecule has 2 aromatic rings. The van der Waals surface area contributed by atoms with Gasteiger partial charge in [0.25, 0.3) is 17.7 Å². The van der Waals surface area contributed by atoms with Crippen LogP contribution in [0.25, 0.3) is 0 Å². The fraction of sp³-hybridized carbons (Fsp3) is 0.238. The number of carbonyl (C=O) groups excluding carboxylic acids is 4. The van der Waals surface area contributed by atoms with Gasteiger partial charge in [-0.1, -0.05) is 29.8 Å². The number of fused-ring (bicyclic) bond motifs is 1. The Morgan fingerprint density at radius 3 is 2.32 bits per heavy atom. The first-order valence-corrected chi connectivity index (χ1v) is 8.72. The second kappa shape index (κ2) is 7.64. The highest BCUT2D eigenvalue weighted by atomic mass is 16.5. The lowest BCUT2D eigenvalue weighted by atomic mass is 10.0. The van der Waals surface area contributed by atoms with Crippen LogP contribution in [0.3, 0.4) is 0 Å². The summed E-state index contributed by atoms with van der Waals surface area (Å²) in [6.45, 7) is 1.94. The van der Waals surface area contributed by atoms with Crippen molar-refractivity contribution in [1.82, 2.24) is 10.2 Å². The van der Waals surface area contributed by atoms with Crippen LogP contribution < -0.4 is 5.32 Å². The van der Waals surface area contributed by atoms with E-state index in [9.17, 15) is 19.2 Å². The highest BCUT2D eigenvalue weighted by Gasteiger charge is 2.33. The molecule has 3 rings (SSSR count). The molecule has 1 atom stereocenters. The lowest BCUT2D eigenvalue weighted by Gasteiger charge is -2.18. The second-order valence-electron chi connectivity index (χ2n) is 6.65. The number of aryl methyl sites for hydroxylation is 1. The molecular formula is C21H20N2O5. The fourth-order valence-corrected chi connectivity index (χ4v) is 3.05. The zero-order chi connectivity index (χ0) is 20.4. The van der Waals surface area contributed by atoms with Gasteiger partial charge in [0.15, 0.2) is 0 Å². The Labute approximate surface area is 162 Å². The Morgan fingerprint density at radius 2 is 1.68 bits per heavy atom. The summed E-state index contributed by atoms with van der Waals surface area (Å²) in [5, 5.41) is 2.81. The smallest absolute Gasteiger partial charge is 0.307 e. The molecule has 0 saturated heterocycles. The number of esters is 1. The zero-order valence-electron chi connectivity index (χ0n) is 15.8. The van der Waals surface area contributed by atoms with Crippen molar-refractivity contribution in [2.75, 3.05) is 14.2 Å². The van der Waals surface area contributed by atoms with E-state index in [2.05, 4.69) is 5.32 Å². The normalized spacial score (nSPS) is 13.9. The molecule has 0 saturated carbocycles. The molecule has 144 valence electrons. The minimum Gasteiger partial charge on any atom is -0.469 e. The van der Waals surface area contributed by atoms with E-state index in [-0.39, 0.29) is 23.1 Å². The first-order chi connectivity index (χ1) is 13.3. The Bertz CT molecular complexity index is 965. The van der Waals surface area contributed by atoms with Crippen molar-refractivity contribution in [3.8, 4) is 0 Å². The van der Waals surface area contributed by atoms with Crippen molar-refractivity contribution >= 4 is 23.7 Å². The lowest BCUT2D eigenvalue weighted by Crippen LogP contribution is -2.30. The Hall–Kier alpha value is -3.48. The molecule has 3 amide bonds. The van der Waals surface area contributed by atoms with Crippen LogP contribution in [0.2, 0.25) is 0 Å². The second-order valence-corrected chi connectivity index (χ2v) is 6.65. The van der Waals surface area contributed by atoms with Gasteiger partial charge in [-0.25, -0.2) is 0 Å². The first-order valence-electron chi connectivity index (χ1n) is 8.72. The number of benzene rings is 2.